The Labute approximate surface area is 181 Å². The Morgan fingerprint density at radius 2 is 1.47 bits per heavy atom. The SMILES string of the molecule is CCN(CC)C(=O)c1ccc(-c2ccc(OCCCN3[C@H](C)CC[C@H]3C)cc2)cc1. The van der Waals surface area contributed by atoms with Gasteiger partial charge in [-0.25, -0.2) is 0 Å². The lowest BCUT2D eigenvalue weighted by atomic mass is 10.0. The first-order chi connectivity index (χ1) is 14.5. The number of likely N-dealkylation sites (tertiary alicyclic amines) is 1. The Morgan fingerprint density at radius 1 is 0.933 bits per heavy atom. The van der Waals surface area contributed by atoms with E-state index in [-0.39, 0.29) is 5.91 Å². The summed E-state index contributed by atoms with van der Waals surface area (Å²) in [6.45, 7) is 12.0. The topological polar surface area (TPSA) is 32.8 Å². The van der Waals surface area contributed by atoms with E-state index in [9.17, 15) is 4.79 Å². The van der Waals surface area contributed by atoms with Crippen molar-refractivity contribution in [1.29, 1.82) is 0 Å². The number of rotatable bonds is 9. The lowest BCUT2D eigenvalue weighted by molar-refractivity contribution is 0.0773. The van der Waals surface area contributed by atoms with Gasteiger partial charge in [0.05, 0.1) is 6.61 Å². The van der Waals surface area contributed by atoms with Crippen molar-refractivity contribution in [1.82, 2.24) is 9.80 Å². The van der Waals surface area contributed by atoms with E-state index in [0.29, 0.717) is 12.1 Å². The second-order valence-electron chi connectivity index (χ2n) is 8.29. The van der Waals surface area contributed by atoms with Crippen molar-refractivity contribution in [2.24, 2.45) is 0 Å². The molecule has 1 heterocycles. The van der Waals surface area contributed by atoms with Crippen LogP contribution in [-0.4, -0.2) is 54.0 Å². The number of hydrogen-bond donors (Lipinski definition) is 0. The molecule has 162 valence electrons. The van der Waals surface area contributed by atoms with Crippen LogP contribution in [0.5, 0.6) is 5.75 Å². The molecule has 30 heavy (non-hydrogen) atoms. The molecule has 3 rings (SSSR count). The number of nitrogens with zero attached hydrogens (tertiary/aromatic N) is 2. The molecule has 0 aliphatic carbocycles. The summed E-state index contributed by atoms with van der Waals surface area (Å²) in [6, 6.07) is 17.5. The van der Waals surface area contributed by atoms with E-state index in [1.54, 1.807) is 0 Å². The van der Waals surface area contributed by atoms with Crippen LogP contribution in [0.2, 0.25) is 0 Å². The van der Waals surface area contributed by atoms with E-state index in [2.05, 4.69) is 30.9 Å². The molecule has 1 amide bonds. The molecule has 4 heteroatoms. The van der Waals surface area contributed by atoms with E-state index in [1.807, 2.05) is 55.1 Å². The number of carbonyl (C=O) groups excluding carboxylic acids is 1. The van der Waals surface area contributed by atoms with Crippen LogP contribution < -0.4 is 4.74 Å². The highest BCUT2D eigenvalue weighted by Gasteiger charge is 2.26. The van der Waals surface area contributed by atoms with Crippen LogP contribution >= 0.6 is 0 Å². The highest BCUT2D eigenvalue weighted by Crippen LogP contribution is 2.25. The van der Waals surface area contributed by atoms with E-state index in [1.165, 1.54) is 12.8 Å². The maximum absolute atomic E-state index is 12.5. The van der Waals surface area contributed by atoms with Gasteiger partial charge in [-0.1, -0.05) is 24.3 Å². The predicted octanol–water partition coefficient (Wildman–Crippen LogP) is 5.48. The molecular weight excluding hydrogens is 372 g/mol. The summed E-state index contributed by atoms with van der Waals surface area (Å²) in [7, 11) is 0. The normalized spacial score (nSPS) is 19.1. The van der Waals surface area contributed by atoms with Crippen LogP contribution in [0.4, 0.5) is 0 Å². The standard InChI is InChI=1S/C26H36N2O2/c1-5-27(6-2)26(29)24-12-10-22(11-13-24)23-14-16-25(17-15-23)30-19-7-18-28-20(3)8-9-21(28)4/h10-17,20-21H,5-9,18-19H2,1-4H3/t20-,21-/m1/s1. The van der Waals surface area contributed by atoms with E-state index >= 15 is 0 Å². The predicted molar refractivity (Wildman–Crippen MR) is 124 cm³/mol. The van der Waals surface area contributed by atoms with Crippen LogP contribution in [-0.2, 0) is 0 Å². The zero-order valence-corrected chi connectivity index (χ0v) is 18.9. The second-order valence-corrected chi connectivity index (χ2v) is 8.29. The molecule has 0 saturated carbocycles. The van der Waals surface area contributed by atoms with Gasteiger partial charge < -0.3 is 9.64 Å². The van der Waals surface area contributed by atoms with Crippen molar-refractivity contribution in [3.63, 3.8) is 0 Å². The summed E-state index contributed by atoms with van der Waals surface area (Å²) in [5.74, 6) is 1.00. The van der Waals surface area contributed by atoms with Gasteiger partial charge in [0.25, 0.3) is 5.91 Å². The Morgan fingerprint density at radius 3 is 2.00 bits per heavy atom. The minimum absolute atomic E-state index is 0.0908. The third kappa shape index (κ3) is 5.42. The zero-order valence-electron chi connectivity index (χ0n) is 18.9. The summed E-state index contributed by atoms with van der Waals surface area (Å²) < 4.78 is 5.95. The maximum atomic E-state index is 12.5. The Bertz CT molecular complexity index is 787. The van der Waals surface area contributed by atoms with Crippen molar-refractivity contribution in [2.45, 2.75) is 59.0 Å². The molecule has 0 spiro atoms. The van der Waals surface area contributed by atoms with Gasteiger partial charge >= 0.3 is 0 Å². The Hall–Kier alpha value is -2.33. The van der Waals surface area contributed by atoms with Gasteiger partial charge in [-0.15, -0.1) is 0 Å². The number of benzene rings is 2. The summed E-state index contributed by atoms with van der Waals surface area (Å²) in [5.41, 5.74) is 2.97. The number of hydrogen-bond acceptors (Lipinski definition) is 3. The minimum Gasteiger partial charge on any atom is -0.494 e. The molecule has 2 atom stereocenters. The largest absolute Gasteiger partial charge is 0.494 e. The van der Waals surface area contributed by atoms with Crippen molar-refractivity contribution in [3.05, 3.63) is 54.1 Å². The van der Waals surface area contributed by atoms with Gasteiger partial charge in [0.2, 0.25) is 0 Å². The van der Waals surface area contributed by atoms with Crippen LogP contribution in [0.1, 0.15) is 57.3 Å². The quantitative estimate of drug-likeness (QED) is 0.515. The highest BCUT2D eigenvalue weighted by atomic mass is 16.5. The Balaban J connectivity index is 1.51. The summed E-state index contributed by atoms with van der Waals surface area (Å²) in [5, 5.41) is 0. The Kier molecular flexibility index (Phi) is 7.92. The highest BCUT2D eigenvalue weighted by molar-refractivity contribution is 5.94. The molecule has 0 unspecified atom stereocenters. The second kappa shape index (κ2) is 10.6. The van der Waals surface area contributed by atoms with Gasteiger partial charge in [-0.3, -0.25) is 9.69 Å². The molecule has 1 saturated heterocycles. The van der Waals surface area contributed by atoms with Crippen molar-refractivity contribution in [2.75, 3.05) is 26.2 Å². The molecule has 1 aliphatic rings. The number of ether oxygens (including phenoxy) is 1. The van der Waals surface area contributed by atoms with Gasteiger partial charge in [-0.2, -0.15) is 0 Å². The fourth-order valence-electron chi connectivity index (χ4n) is 4.37. The summed E-state index contributed by atoms with van der Waals surface area (Å²) in [4.78, 5) is 16.9. The van der Waals surface area contributed by atoms with Crippen molar-refractivity contribution in [3.8, 4) is 16.9 Å². The third-order valence-corrected chi connectivity index (χ3v) is 6.33. The first-order valence-electron chi connectivity index (χ1n) is 11.4. The van der Waals surface area contributed by atoms with Gasteiger partial charge in [0.15, 0.2) is 0 Å². The average molecular weight is 409 g/mol. The summed E-state index contributed by atoms with van der Waals surface area (Å²) >= 11 is 0. The molecule has 2 aromatic rings. The van der Waals surface area contributed by atoms with Crippen molar-refractivity contribution >= 4 is 5.91 Å². The van der Waals surface area contributed by atoms with E-state index < -0.39 is 0 Å². The van der Waals surface area contributed by atoms with Crippen LogP contribution in [0.15, 0.2) is 48.5 Å². The lowest BCUT2D eigenvalue weighted by Crippen LogP contribution is -2.34. The molecule has 1 fully saturated rings. The van der Waals surface area contributed by atoms with Gasteiger partial charge in [0.1, 0.15) is 5.75 Å². The molecule has 4 nitrogen and oxygen atoms in total. The van der Waals surface area contributed by atoms with Gasteiger partial charge in [0, 0.05) is 37.3 Å². The van der Waals surface area contributed by atoms with Crippen LogP contribution in [0, 0.1) is 0 Å². The number of amides is 1. The van der Waals surface area contributed by atoms with Gasteiger partial charge in [-0.05, 0) is 82.3 Å². The van der Waals surface area contributed by atoms with Crippen LogP contribution in [0.3, 0.4) is 0 Å². The molecule has 0 radical (unpaired) electrons. The van der Waals surface area contributed by atoms with Crippen LogP contribution in [0.25, 0.3) is 11.1 Å². The lowest BCUT2D eigenvalue weighted by Gasteiger charge is -2.25. The minimum atomic E-state index is 0.0908. The molecular formula is C26H36N2O2. The summed E-state index contributed by atoms with van der Waals surface area (Å²) in [6.07, 6.45) is 3.68. The maximum Gasteiger partial charge on any atom is 0.253 e. The van der Waals surface area contributed by atoms with E-state index in [0.717, 1.165) is 55.1 Å². The molecule has 0 aromatic heterocycles. The van der Waals surface area contributed by atoms with Crippen molar-refractivity contribution < 1.29 is 9.53 Å². The number of carbonyl (C=O) groups is 1. The smallest absolute Gasteiger partial charge is 0.253 e. The first-order valence-corrected chi connectivity index (χ1v) is 11.4. The monoisotopic (exact) mass is 408 g/mol. The fourth-order valence-corrected chi connectivity index (χ4v) is 4.37. The molecule has 1 aliphatic heterocycles. The fraction of sp³-hybridized carbons (Fsp3) is 0.500. The average Bonchev–Trinajstić information content (AvgIpc) is 3.10. The zero-order chi connectivity index (χ0) is 21.5. The van der Waals surface area contributed by atoms with E-state index in [4.69, 9.17) is 4.74 Å². The molecule has 2 aromatic carbocycles. The molecule has 0 N–H and O–H groups in total. The first kappa shape index (κ1) is 22.4. The third-order valence-electron chi connectivity index (χ3n) is 6.33. The molecule has 0 bridgehead atoms.